The lowest BCUT2D eigenvalue weighted by Gasteiger charge is -2.15. The molecule has 0 saturated carbocycles. The van der Waals surface area contributed by atoms with E-state index in [1.807, 2.05) is 0 Å². The van der Waals surface area contributed by atoms with E-state index in [1.54, 1.807) is 20.8 Å². The quantitative estimate of drug-likeness (QED) is 0.519. The third-order valence-electron chi connectivity index (χ3n) is 1.83. The van der Waals surface area contributed by atoms with E-state index in [1.165, 1.54) is 0 Å². The van der Waals surface area contributed by atoms with Crippen molar-refractivity contribution in [3.8, 4) is 0 Å². The predicted octanol–water partition coefficient (Wildman–Crippen LogP) is 1.17. The van der Waals surface area contributed by atoms with Crippen LogP contribution in [0, 0.1) is 0 Å². The summed E-state index contributed by atoms with van der Waals surface area (Å²) >= 11 is 0. The number of hydrogen-bond donors (Lipinski definition) is 1. The predicted molar refractivity (Wildman–Crippen MR) is 46.3 cm³/mol. The summed E-state index contributed by atoms with van der Waals surface area (Å²) in [6, 6.07) is 0. The lowest BCUT2D eigenvalue weighted by Crippen LogP contribution is -2.28. The van der Waals surface area contributed by atoms with Crippen molar-refractivity contribution in [1.82, 2.24) is 0 Å². The van der Waals surface area contributed by atoms with Crippen molar-refractivity contribution in [2.24, 2.45) is 0 Å². The third kappa shape index (κ3) is 2.29. The normalized spacial score (nSPS) is 32.5. The van der Waals surface area contributed by atoms with E-state index >= 15 is 0 Å². The Balaban J connectivity index is 2.68. The lowest BCUT2D eigenvalue weighted by atomic mass is 10.1. The van der Waals surface area contributed by atoms with Crippen LogP contribution < -0.4 is 0 Å². The highest BCUT2D eigenvalue weighted by Crippen LogP contribution is 2.28. The Morgan fingerprint density at radius 1 is 1.46 bits per heavy atom. The summed E-state index contributed by atoms with van der Waals surface area (Å²) in [6.45, 7) is 5.27. The molecule has 0 aromatic rings. The number of carbonyl (C=O) groups excluding carboxylic acids is 1. The Morgan fingerprint density at radius 2 is 2.08 bits per heavy atom. The maximum Gasteiger partial charge on any atom is 0.190 e. The van der Waals surface area contributed by atoms with E-state index in [2.05, 4.69) is 0 Å². The topological polar surface area (TPSA) is 55.8 Å². The van der Waals surface area contributed by atoms with Gasteiger partial charge in [-0.2, -0.15) is 0 Å². The van der Waals surface area contributed by atoms with Gasteiger partial charge in [0, 0.05) is 6.08 Å². The molecular formula is C9H14O4. The van der Waals surface area contributed by atoms with Gasteiger partial charge in [0.05, 0.1) is 12.4 Å². The number of aliphatic hydroxyl groups excluding tert-OH is 1. The molecule has 1 saturated heterocycles. The Hall–Kier alpha value is -0.870. The van der Waals surface area contributed by atoms with Gasteiger partial charge in [-0.1, -0.05) is 0 Å². The molecular weight excluding hydrogens is 172 g/mol. The van der Waals surface area contributed by atoms with Crippen LogP contribution >= 0.6 is 0 Å². The summed E-state index contributed by atoms with van der Waals surface area (Å²) in [4.78, 5) is 11.3. The smallest absolute Gasteiger partial charge is 0.190 e. The van der Waals surface area contributed by atoms with Crippen LogP contribution in [-0.4, -0.2) is 28.9 Å². The van der Waals surface area contributed by atoms with Gasteiger partial charge in [0.2, 0.25) is 0 Å². The highest BCUT2D eigenvalue weighted by Gasteiger charge is 2.41. The molecule has 1 fully saturated rings. The van der Waals surface area contributed by atoms with Crippen molar-refractivity contribution in [1.29, 1.82) is 0 Å². The maximum absolute atomic E-state index is 11.3. The Morgan fingerprint density at radius 3 is 2.46 bits per heavy atom. The summed E-state index contributed by atoms with van der Waals surface area (Å²) in [6.07, 6.45) is 0.896. The first-order valence-corrected chi connectivity index (χ1v) is 4.16. The minimum absolute atomic E-state index is 0.277. The Kier molecular flexibility index (Phi) is 2.73. The first-order chi connectivity index (χ1) is 5.96. The number of ether oxygens (including phenoxy) is 2. The minimum Gasteiger partial charge on any atom is -0.515 e. The number of hydrogen-bond acceptors (Lipinski definition) is 4. The zero-order chi connectivity index (χ0) is 10.1. The van der Waals surface area contributed by atoms with Gasteiger partial charge in [-0.05, 0) is 20.8 Å². The number of aliphatic hydroxyl groups is 1. The molecule has 13 heavy (non-hydrogen) atoms. The van der Waals surface area contributed by atoms with E-state index in [0.717, 1.165) is 6.08 Å². The van der Waals surface area contributed by atoms with Crippen LogP contribution in [0.5, 0.6) is 0 Å². The van der Waals surface area contributed by atoms with Crippen LogP contribution in [0.3, 0.4) is 0 Å². The SMILES string of the molecule is C[C@@H]1OC(C)(C)O[C@@H]1C(=O)/C=C/O. The van der Waals surface area contributed by atoms with Gasteiger partial charge in [-0.3, -0.25) is 4.79 Å². The number of carbonyl (C=O) groups is 1. The van der Waals surface area contributed by atoms with Gasteiger partial charge in [-0.15, -0.1) is 0 Å². The van der Waals surface area contributed by atoms with Crippen LogP contribution in [0.1, 0.15) is 20.8 Å². The summed E-state index contributed by atoms with van der Waals surface area (Å²) < 4.78 is 10.7. The molecule has 4 nitrogen and oxygen atoms in total. The van der Waals surface area contributed by atoms with Crippen LogP contribution in [-0.2, 0) is 14.3 Å². The molecule has 0 amide bonds. The van der Waals surface area contributed by atoms with Crippen LogP contribution in [0.25, 0.3) is 0 Å². The highest BCUT2D eigenvalue weighted by molar-refractivity contribution is 5.93. The minimum atomic E-state index is -0.719. The molecule has 2 atom stereocenters. The van der Waals surface area contributed by atoms with Crippen LogP contribution in [0.4, 0.5) is 0 Å². The second kappa shape index (κ2) is 3.47. The molecule has 0 bridgehead atoms. The monoisotopic (exact) mass is 186 g/mol. The van der Waals surface area contributed by atoms with Gasteiger partial charge in [0.1, 0.15) is 6.10 Å². The van der Waals surface area contributed by atoms with E-state index in [-0.39, 0.29) is 11.9 Å². The van der Waals surface area contributed by atoms with Gasteiger partial charge in [0.15, 0.2) is 11.6 Å². The molecule has 0 aliphatic carbocycles. The van der Waals surface area contributed by atoms with Crippen molar-refractivity contribution in [3.05, 3.63) is 12.3 Å². The Bertz CT molecular complexity index is 232. The zero-order valence-corrected chi connectivity index (χ0v) is 7.98. The molecule has 1 aliphatic rings. The summed E-state index contributed by atoms with van der Waals surface area (Å²) in [7, 11) is 0. The highest BCUT2D eigenvalue weighted by atomic mass is 16.8. The van der Waals surface area contributed by atoms with Crippen molar-refractivity contribution in [2.75, 3.05) is 0 Å². The molecule has 0 unspecified atom stereocenters. The number of ketones is 1. The molecule has 4 heteroatoms. The third-order valence-corrected chi connectivity index (χ3v) is 1.83. The molecule has 0 aromatic carbocycles. The molecule has 74 valence electrons. The van der Waals surface area contributed by atoms with Crippen molar-refractivity contribution >= 4 is 5.78 Å². The fraction of sp³-hybridized carbons (Fsp3) is 0.667. The van der Waals surface area contributed by atoms with Crippen molar-refractivity contribution in [3.63, 3.8) is 0 Å². The molecule has 1 rings (SSSR count). The second-order valence-electron chi connectivity index (χ2n) is 3.48. The average molecular weight is 186 g/mol. The van der Waals surface area contributed by atoms with Crippen molar-refractivity contribution < 1.29 is 19.4 Å². The average Bonchev–Trinajstić information content (AvgIpc) is 2.25. The van der Waals surface area contributed by atoms with E-state index < -0.39 is 11.9 Å². The summed E-state index contributed by atoms with van der Waals surface area (Å²) in [5.74, 6) is -0.996. The van der Waals surface area contributed by atoms with E-state index in [4.69, 9.17) is 14.6 Å². The van der Waals surface area contributed by atoms with Gasteiger partial charge >= 0.3 is 0 Å². The van der Waals surface area contributed by atoms with Gasteiger partial charge < -0.3 is 14.6 Å². The molecule has 0 spiro atoms. The lowest BCUT2D eigenvalue weighted by molar-refractivity contribution is -0.152. The van der Waals surface area contributed by atoms with Crippen LogP contribution in [0.15, 0.2) is 12.3 Å². The molecule has 1 aliphatic heterocycles. The summed E-state index contributed by atoms with van der Waals surface area (Å²) in [5.41, 5.74) is 0. The molecule has 0 radical (unpaired) electrons. The molecule has 0 aromatic heterocycles. The fourth-order valence-corrected chi connectivity index (χ4v) is 1.40. The Labute approximate surface area is 77.1 Å². The molecule has 1 N–H and O–H groups in total. The van der Waals surface area contributed by atoms with Gasteiger partial charge in [0.25, 0.3) is 0 Å². The standard InChI is InChI=1S/C9H14O4/c1-6-8(7(11)4-5-10)13-9(2,3)12-6/h4-6,8,10H,1-3H3/b5-4+/t6-,8-/m0/s1. The van der Waals surface area contributed by atoms with E-state index in [0.29, 0.717) is 6.26 Å². The first-order valence-electron chi connectivity index (χ1n) is 4.16. The fourth-order valence-electron chi connectivity index (χ4n) is 1.40. The zero-order valence-electron chi connectivity index (χ0n) is 7.98. The number of rotatable bonds is 2. The molecule has 1 heterocycles. The van der Waals surface area contributed by atoms with E-state index in [9.17, 15) is 4.79 Å². The summed E-state index contributed by atoms with van der Waals surface area (Å²) in [5, 5.41) is 8.42. The largest absolute Gasteiger partial charge is 0.515 e. The van der Waals surface area contributed by atoms with Crippen molar-refractivity contribution in [2.45, 2.75) is 38.8 Å². The second-order valence-corrected chi connectivity index (χ2v) is 3.48. The maximum atomic E-state index is 11.3. The van der Waals surface area contributed by atoms with Crippen LogP contribution in [0.2, 0.25) is 0 Å². The van der Waals surface area contributed by atoms with Gasteiger partial charge in [-0.25, -0.2) is 0 Å². The first kappa shape index (κ1) is 10.2.